The Morgan fingerprint density at radius 3 is 2.35 bits per heavy atom. The second-order valence-corrected chi connectivity index (χ2v) is 15.1. The summed E-state index contributed by atoms with van der Waals surface area (Å²) in [5.74, 6) is 3.10. The molecule has 5 rings (SSSR count). The molecule has 212 valence electrons. The lowest BCUT2D eigenvalue weighted by atomic mass is 9.43. The molecule has 4 saturated carbocycles. The molecule has 8 nitrogen and oxygen atoms in total. The van der Waals surface area contributed by atoms with Crippen molar-refractivity contribution in [2.75, 3.05) is 26.2 Å². The number of piperazine rings is 1. The maximum absolute atomic E-state index is 12.9. The summed E-state index contributed by atoms with van der Waals surface area (Å²) >= 11 is 0. The summed E-state index contributed by atoms with van der Waals surface area (Å²) in [5, 5.41) is 22.0. The maximum Gasteiger partial charge on any atom is 0.336 e. The normalized spacial score (nSPS) is 45.6. The first-order valence-electron chi connectivity index (χ1n) is 14.7. The summed E-state index contributed by atoms with van der Waals surface area (Å²) in [7, 11) is -4.20. The molecule has 1 aliphatic heterocycles. The number of carbonyl (C=O) groups excluding carboxylic acids is 1. The number of aliphatic hydroxyl groups excluding tert-OH is 2. The van der Waals surface area contributed by atoms with Crippen molar-refractivity contribution in [1.29, 1.82) is 0 Å². The lowest BCUT2D eigenvalue weighted by molar-refractivity contribution is -0.175. The van der Waals surface area contributed by atoms with E-state index in [0.717, 1.165) is 42.8 Å². The van der Waals surface area contributed by atoms with Gasteiger partial charge in [-0.05, 0) is 104 Å². The van der Waals surface area contributed by atoms with Gasteiger partial charge < -0.3 is 15.1 Å². The number of amides is 1. The highest BCUT2D eigenvalue weighted by atomic mass is 32.2. The second kappa shape index (κ2) is 10.0. The minimum atomic E-state index is -4.20. The van der Waals surface area contributed by atoms with E-state index in [1.807, 2.05) is 0 Å². The van der Waals surface area contributed by atoms with Gasteiger partial charge in [-0.2, -0.15) is 12.7 Å². The van der Waals surface area contributed by atoms with Crippen molar-refractivity contribution in [2.45, 2.75) is 97.2 Å². The second-order valence-electron chi connectivity index (χ2n) is 13.7. The number of fused-ring (bicyclic) bond motifs is 5. The number of nitrogens with zero attached hydrogens (tertiary/aromatic N) is 2. The van der Waals surface area contributed by atoms with Gasteiger partial charge in [0.15, 0.2) is 0 Å². The number of rotatable bonds is 5. The van der Waals surface area contributed by atoms with Gasteiger partial charge in [0.05, 0.1) is 12.2 Å². The molecular weight excluding hydrogens is 492 g/mol. The standard InChI is InChI=1S/C28H48N2O6S/c1-18(4-9-26(33)29-12-14-30(15-13-29)37(34,35)36)22-7-8-23-21-6-5-19-16-20(31)10-11-27(19,2)24(21)17-25(32)28(22,23)3/h18-25,31-32H,4-17H2,1-3H3,(H,34,35,36). The van der Waals surface area contributed by atoms with E-state index in [9.17, 15) is 28.0 Å². The first-order chi connectivity index (χ1) is 17.4. The van der Waals surface area contributed by atoms with Crippen LogP contribution in [0.4, 0.5) is 0 Å². The van der Waals surface area contributed by atoms with Crippen LogP contribution in [0.25, 0.3) is 0 Å². The van der Waals surface area contributed by atoms with Crippen molar-refractivity contribution in [2.24, 2.45) is 46.3 Å². The number of aliphatic hydroxyl groups is 2. The molecule has 9 heteroatoms. The highest BCUT2D eigenvalue weighted by Crippen LogP contribution is 2.68. The summed E-state index contributed by atoms with van der Waals surface area (Å²) in [5.41, 5.74) is 0.127. The lowest BCUT2D eigenvalue weighted by Crippen LogP contribution is -2.58. The van der Waals surface area contributed by atoms with Gasteiger partial charge in [-0.25, -0.2) is 0 Å². The Bertz CT molecular complexity index is 968. The molecule has 5 aliphatic rings. The van der Waals surface area contributed by atoms with Gasteiger partial charge in [0.2, 0.25) is 5.91 Å². The monoisotopic (exact) mass is 540 g/mol. The average molecular weight is 541 g/mol. The minimum Gasteiger partial charge on any atom is -0.393 e. The van der Waals surface area contributed by atoms with Crippen molar-refractivity contribution in [3.05, 3.63) is 0 Å². The van der Waals surface area contributed by atoms with Crippen molar-refractivity contribution < 1.29 is 28.0 Å². The van der Waals surface area contributed by atoms with Crippen LogP contribution in [0.3, 0.4) is 0 Å². The quantitative estimate of drug-likeness (QED) is 0.461. The Balaban J connectivity index is 1.21. The van der Waals surface area contributed by atoms with Crippen LogP contribution in [-0.4, -0.2) is 76.7 Å². The molecule has 37 heavy (non-hydrogen) atoms. The molecule has 0 aromatic carbocycles. The molecule has 10 unspecified atom stereocenters. The van der Waals surface area contributed by atoms with Crippen LogP contribution in [0.1, 0.15) is 85.0 Å². The molecule has 0 aromatic heterocycles. The predicted molar refractivity (Wildman–Crippen MR) is 141 cm³/mol. The number of hydrogen-bond donors (Lipinski definition) is 3. The van der Waals surface area contributed by atoms with Crippen molar-refractivity contribution in [3.63, 3.8) is 0 Å². The molecule has 1 saturated heterocycles. The highest BCUT2D eigenvalue weighted by Gasteiger charge is 2.63. The third kappa shape index (κ3) is 4.79. The topological polar surface area (TPSA) is 118 Å². The van der Waals surface area contributed by atoms with Gasteiger partial charge in [-0.3, -0.25) is 9.35 Å². The molecule has 3 N–H and O–H groups in total. The zero-order valence-electron chi connectivity index (χ0n) is 22.9. The average Bonchev–Trinajstić information content (AvgIpc) is 3.22. The molecule has 5 fully saturated rings. The van der Waals surface area contributed by atoms with E-state index in [4.69, 9.17) is 0 Å². The van der Waals surface area contributed by atoms with E-state index in [-0.39, 0.29) is 42.0 Å². The van der Waals surface area contributed by atoms with Gasteiger partial charge >= 0.3 is 10.3 Å². The molecule has 1 amide bonds. The Morgan fingerprint density at radius 2 is 1.68 bits per heavy atom. The van der Waals surface area contributed by atoms with E-state index in [0.29, 0.717) is 55.0 Å². The third-order valence-electron chi connectivity index (χ3n) is 12.2. The lowest BCUT2D eigenvalue weighted by Gasteiger charge is -2.62. The van der Waals surface area contributed by atoms with Gasteiger partial charge in [-0.15, -0.1) is 0 Å². The first kappa shape index (κ1) is 27.8. The molecule has 1 heterocycles. The zero-order chi connectivity index (χ0) is 26.8. The molecule has 10 atom stereocenters. The SMILES string of the molecule is CC(CCC(=O)N1CCN(S(=O)(=O)O)CC1)C1CCC2C3CCC4CC(O)CCC4(C)C3CC(O)C12C. The van der Waals surface area contributed by atoms with E-state index in [1.165, 1.54) is 19.3 Å². The summed E-state index contributed by atoms with van der Waals surface area (Å²) < 4.78 is 32.9. The van der Waals surface area contributed by atoms with Crippen molar-refractivity contribution >= 4 is 16.2 Å². The van der Waals surface area contributed by atoms with E-state index < -0.39 is 10.3 Å². The first-order valence-corrected chi connectivity index (χ1v) is 16.1. The van der Waals surface area contributed by atoms with Crippen LogP contribution in [0.15, 0.2) is 0 Å². The van der Waals surface area contributed by atoms with E-state index >= 15 is 0 Å². The molecule has 0 aromatic rings. The minimum absolute atomic E-state index is 0.0523. The number of carbonyl (C=O) groups is 1. The van der Waals surface area contributed by atoms with Crippen molar-refractivity contribution in [3.8, 4) is 0 Å². The van der Waals surface area contributed by atoms with Gasteiger partial charge in [0, 0.05) is 32.6 Å². The van der Waals surface area contributed by atoms with Crippen LogP contribution >= 0.6 is 0 Å². The molecule has 0 spiro atoms. The summed E-state index contributed by atoms with van der Waals surface area (Å²) in [6.07, 6.45) is 9.23. The van der Waals surface area contributed by atoms with Crippen LogP contribution in [-0.2, 0) is 15.1 Å². The van der Waals surface area contributed by atoms with Gasteiger partial charge in [-0.1, -0.05) is 20.8 Å². The Kier molecular flexibility index (Phi) is 7.53. The van der Waals surface area contributed by atoms with Crippen LogP contribution in [0.2, 0.25) is 0 Å². The maximum atomic E-state index is 12.9. The summed E-state index contributed by atoms with van der Waals surface area (Å²) in [6.45, 7) is 7.94. The van der Waals surface area contributed by atoms with Crippen LogP contribution in [0.5, 0.6) is 0 Å². The van der Waals surface area contributed by atoms with Gasteiger partial charge in [0.25, 0.3) is 0 Å². The summed E-state index contributed by atoms with van der Waals surface area (Å²) in [4.78, 5) is 14.6. The fraction of sp³-hybridized carbons (Fsp3) is 0.964. The van der Waals surface area contributed by atoms with E-state index in [1.54, 1.807) is 4.90 Å². The Morgan fingerprint density at radius 1 is 0.973 bits per heavy atom. The highest BCUT2D eigenvalue weighted by molar-refractivity contribution is 7.83. The molecule has 0 radical (unpaired) electrons. The predicted octanol–water partition coefficient (Wildman–Crippen LogP) is 3.34. The van der Waals surface area contributed by atoms with Crippen LogP contribution < -0.4 is 0 Å². The zero-order valence-corrected chi connectivity index (χ0v) is 23.7. The Labute approximate surface area is 223 Å². The summed E-state index contributed by atoms with van der Waals surface area (Å²) in [6, 6.07) is 0. The largest absolute Gasteiger partial charge is 0.393 e. The van der Waals surface area contributed by atoms with E-state index in [2.05, 4.69) is 20.8 Å². The number of hydrogen-bond acceptors (Lipinski definition) is 5. The molecular formula is C28H48N2O6S. The fourth-order valence-corrected chi connectivity index (χ4v) is 10.7. The smallest absolute Gasteiger partial charge is 0.336 e. The van der Waals surface area contributed by atoms with Gasteiger partial charge in [0.1, 0.15) is 0 Å². The fourth-order valence-electron chi connectivity index (χ4n) is 10.0. The molecule has 0 bridgehead atoms. The van der Waals surface area contributed by atoms with Crippen LogP contribution in [0, 0.1) is 46.3 Å². The molecule has 4 aliphatic carbocycles. The van der Waals surface area contributed by atoms with Crippen molar-refractivity contribution in [1.82, 2.24) is 9.21 Å². The Hall–Kier alpha value is -0.740. The third-order valence-corrected chi connectivity index (χ3v) is 13.3.